The molecule has 4 aromatic rings. The quantitative estimate of drug-likeness (QED) is 0.447. The number of hydrogen-bond donors (Lipinski definition) is 1. The Labute approximate surface area is 187 Å². The number of carbonyl (C=O) groups is 1. The van der Waals surface area contributed by atoms with Gasteiger partial charge in [-0.1, -0.05) is 40.5 Å². The number of aromatic nitrogens is 3. The Balaban J connectivity index is 1.93. The highest BCUT2D eigenvalue weighted by Gasteiger charge is 2.29. The number of rotatable bonds is 5. The van der Waals surface area contributed by atoms with Crippen LogP contribution in [0, 0.1) is 0 Å². The van der Waals surface area contributed by atoms with Crippen LogP contribution in [-0.4, -0.2) is 34.5 Å². The van der Waals surface area contributed by atoms with E-state index in [-0.39, 0.29) is 21.2 Å². The lowest BCUT2D eigenvalue weighted by Gasteiger charge is -2.10. The molecule has 3 aromatic carbocycles. The molecule has 1 aromatic heterocycles. The van der Waals surface area contributed by atoms with E-state index in [0.29, 0.717) is 21.3 Å². The number of aromatic carboxylic acids is 1. The summed E-state index contributed by atoms with van der Waals surface area (Å²) in [5, 5.41) is 17.8. The maximum absolute atomic E-state index is 13.3. The Bertz CT molecular complexity index is 1370. The van der Waals surface area contributed by atoms with Crippen molar-refractivity contribution >= 4 is 39.0 Å². The molecular formula is C21H13Cl2N3O4S. The summed E-state index contributed by atoms with van der Waals surface area (Å²) in [7, 11) is -4.03. The van der Waals surface area contributed by atoms with Crippen LogP contribution in [0.5, 0.6) is 0 Å². The van der Waals surface area contributed by atoms with E-state index < -0.39 is 15.8 Å². The number of carboxylic acids is 1. The van der Waals surface area contributed by atoms with Crippen molar-refractivity contribution < 1.29 is 18.3 Å². The molecule has 0 atom stereocenters. The lowest BCUT2D eigenvalue weighted by atomic mass is 10.1. The Morgan fingerprint density at radius 1 is 0.839 bits per heavy atom. The first kappa shape index (κ1) is 21.0. The van der Waals surface area contributed by atoms with E-state index in [2.05, 4.69) is 10.3 Å². The van der Waals surface area contributed by atoms with E-state index in [1.54, 1.807) is 24.3 Å². The Kier molecular flexibility index (Phi) is 5.53. The number of hydrogen-bond acceptors (Lipinski definition) is 5. The SMILES string of the molecule is O=C(O)c1ccc(-n2nnc(S(=O)(=O)c3ccc(Cl)cc3)c2-c2ccc(Cl)cc2)cc1. The molecule has 31 heavy (non-hydrogen) atoms. The smallest absolute Gasteiger partial charge is 0.335 e. The van der Waals surface area contributed by atoms with Gasteiger partial charge in [-0.2, -0.15) is 0 Å². The highest BCUT2D eigenvalue weighted by molar-refractivity contribution is 7.91. The molecule has 7 nitrogen and oxygen atoms in total. The maximum Gasteiger partial charge on any atom is 0.335 e. The Morgan fingerprint density at radius 3 is 1.94 bits per heavy atom. The predicted molar refractivity (Wildman–Crippen MR) is 116 cm³/mol. The molecule has 0 amide bonds. The van der Waals surface area contributed by atoms with E-state index in [4.69, 9.17) is 28.3 Å². The van der Waals surface area contributed by atoms with Crippen LogP contribution < -0.4 is 0 Å². The van der Waals surface area contributed by atoms with Crippen LogP contribution in [0.4, 0.5) is 0 Å². The molecule has 0 saturated carbocycles. The zero-order valence-corrected chi connectivity index (χ0v) is 17.9. The van der Waals surface area contributed by atoms with Gasteiger partial charge in [0.25, 0.3) is 0 Å². The fourth-order valence-electron chi connectivity index (χ4n) is 2.95. The van der Waals surface area contributed by atoms with E-state index in [0.717, 1.165) is 0 Å². The standard InChI is InChI=1S/C21H13Cl2N3O4S/c22-15-5-1-13(2-6-15)19-20(31(29,30)18-11-7-16(23)8-12-18)24-25-26(19)17-9-3-14(4-10-17)21(27)28/h1-12H,(H,27,28). The normalized spacial score (nSPS) is 11.4. The van der Waals surface area contributed by atoms with Gasteiger partial charge in [0.05, 0.1) is 16.1 Å². The van der Waals surface area contributed by atoms with E-state index >= 15 is 0 Å². The molecule has 0 unspecified atom stereocenters. The molecule has 1 heterocycles. The molecule has 0 fully saturated rings. The van der Waals surface area contributed by atoms with Crippen molar-refractivity contribution in [1.82, 2.24) is 15.0 Å². The van der Waals surface area contributed by atoms with Crippen LogP contribution in [0.15, 0.2) is 82.7 Å². The summed E-state index contributed by atoms with van der Waals surface area (Å²) in [5.74, 6) is -1.07. The third-order valence-electron chi connectivity index (χ3n) is 4.49. The monoisotopic (exact) mass is 473 g/mol. The molecule has 0 radical (unpaired) electrons. The van der Waals surface area contributed by atoms with Gasteiger partial charge in [0.15, 0.2) is 0 Å². The second kappa shape index (κ2) is 8.14. The molecule has 1 N–H and O–H groups in total. The van der Waals surface area contributed by atoms with Crippen molar-refractivity contribution in [3.05, 3.63) is 88.4 Å². The van der Waals surface area contributed by atoms with Gasteiger partial charge >= 0.3 is 5.97 Å². The molecule has 0 spiro atoms. The Morgan fingerprint density at radius 2 is 1.39 bits per heavy atom. The average molecular weight is 474 g/mol. The zero-order chi connectivity index (χ0) is 22.2. The fraction of sp³-hybridized carbons (Fsp3) is 0. The van der Waals surface area contributed by atoms with Gasteiger partial charge in [-0.25, -0.2) is 17.9 Å². The van der Waals surface area contributed by atoms with Crippen LogP contribution >= 0.6 is 23.2 Å². The molecule has 0 aliphatic heterocycles. The average Bonchev–Trinajstić information content (AvgIpc) is 3.21. The maximum atomic E-state index is 13.3. The number of carboxylic acid groups (broad SMARTS) is 1. The van der Waals surface area contributed by atoms with Crippen LogP contribution in [0.3, 0.4) is 0 Å². The van der Waals surface area contributed by atoms with E-state index in [9.17, 15) is 13.2 Å². The van der Waals surface area contributed by atoms with Crippen LogP contribution in [0.2, 0.25) is 10.0 Å². The number of sulfone groups is 1. The molecule has 0 aliphatic rings. The second-order valence-electron chi connectivity index (χ2n) is 6.47. The summed E-state index contributed by atoms with van der Waals surface area (Å²) < 4.78 is 28.0. The van der Waals surface area contributed by atoms with Crippen LogP contribution in [0.25, 0.3) is 16.9 Å². The first-order valence-electron chi connectivity index (χ1n) is 8.83. The first-order chi connectivity index (χ1) is 14.8. The van der Waals surface area contributed by atoms with Crippen molar-refractivity contribution in [3.63, 3.8) is 0 Å². The van der Waals surface area contributed by atoms with E-state index in [1.807, 2.05) is 0 Å². The highest BCUT2D eigenvalue weighted by Crippen LogP contribution is 2.32. The molecule has 4 rings (SSSR count). The summed E-state index contributed by atoms with van der Waals surface area (Å²) in [6.45, 7) is 0. The van der Waals surface area contributed by atoms with Gasteiger partial charge in [-0.3, -0.25) is 0 Å². The van der Waals surface area contributed by atoms with Crippen LogP contribution in [-0.2, 0) is 9.84 Å². The summed E-state index contributed by atoms with van der Waals surface area (Å²) in [4.78, 5) is 11.2. The molecular weight excluding hydrogens is 461 g/mol. The molecule has 0 saturated heterocycles. The topological polar surface area (TPSA) is 102 Å². The second-order valence-corrected chi connectivity index (χ2v) is 9.21. The molecule has 0 bridgehead atoms. The predicted octanol–water partition coefficient (Wildman–Crippen LogP) is 4.77. The zero-order valence-electron chi connectivity index (χ0n) is 15.6. The van der Waals surface area contributed by atoms with Gasteiger partial charge < -0.3 is 5.11 Å². The third kappa shape index (κ3) is 4.05. The van der Waals surface area contributed by atoms with Crippen molar-refractivity contribution in [2.24, 2.45) is 0 Å². The van der Waals surface area contributed by atoms with E-state index in [1.165, 1.54) is 53.2 Å². The largest absolute Gasteiger partial charge is 0.478 e. The summed E-state index contributed by atoms with van der Waals surface area (Å²) in [6.07, 6.45) is 0. The van der Waals surface area contributed by atoms with Gasteiger partial charge in [-0.15, -0.1) is 5.10 Å². The van der Waals surface area contributed by atoms with Gasteiger partial charge in [0.1, 0.15) is 5.69 Å². The van der Waals surface area contributed by atoms with Gasteiger partial charge in [-0.05, 0) is 60.7 Å². The third-order valence-corrected chi connectivity index (χ3v) is 6.68. The minimum absolute atomic E-state index is 0.0142. The molecule has 0 aliphatic carbocycles. The highest BCUT2D eigenvalue weighted by atomic mass is 35.5. The molecule has 10 heteroatoms. The summed E-state index contributed by atoms with van der Waals surface area (Å²) in [5.41, 5.74) is 1.27. The van der Waals surface area contributed by atoms with Crippen molar-refractivity contribution in [2.45, 2.75) is 9.92 Å². The Hall–Kier alpha value is -3.20. The first-order valence-corrected chi connectivity index (χ1v) is 11.1. The molecule has 156 valence electrons. The number of benzene rings is 3. The summed E-state index contributed by atoms with van der Waals surface area (Å²) >= 11 is 11.9. The van der Waals surface area contributed by atoms with Crippen molar-refractivity contribution in [2.75, 3.05) is 0 Å². The summed E-state index contributed by atoms with van der Waals surface area (Å²) in [6, 6.07) is 18.2. The number of halogens is 2. The lowest BCUT2D eigenvalue weighted by Crippen LogP contribution is -2.06. The van der Waals surface area contributed by atoms with Crippen LogP contribution in [0.1, 0.15) is 10.4 Å². The lowest BCUT2D eigenvalue weighted by molar-refractivity contribution is 0.0697. The van der Waals surface area contributed by atoms with Crippen molar-refractivity contribution in [1.29, 1.82) is 0 Å². The minimum atomic E-state index is -4.03. The number of nitrogens with zero attached hydrogens (tertiary/aromatic N) is 3. The minimum Gasteiger partial charge on any atom is -0.478 e. The van der Waals surface area contributed by atoms with Crippen molar-refractivity contribution in [3.8, 4) is 16.9 Å². The fourth-order valence-corrected chi connectivity index (χ4v) is 4.53. The van der Waals surface area contributed by atoms with Gasteiger partial charge in [0.2, 0.25) is 14.9 Å². The van der Waals surface area contributed by atoms with Gasteiger partial charge in [0, 0.05) is 15.6 Å².